The number of aryl methyl sites for hydroxylation is 1. The first-order chi connectivity index (χ1) is 7.74. The molecule has 2 heteroatoms. The molecule has 2 saturated carbocycles. The van der Waals surface area contributed by atoms with Gasteiger partial charge in [0.2, 0.25) is 0 Å². The van der Waals surface area contributed by atoms with Crippen LogP contribution in [0.4, 0.5) is 0 Å². The molecule has 4 unspecified atom stereocenters. The van der Waals surface area contributed by atoms with E-state index in [9.17, 15) is 0 Å². The third-order valence-corrected chi connectivity index (χ3v) is 4.74. The van der Waals surface area contributed by atoms with E-state index in [2.05, 4.69) is 0 Å². The Labute approximate surface area is 97.2 Å². The van der Waals surface area contributed by atoms with Crippen LogP contribution in [0, 0.1) is 24.7 Å². The fraction of sp³-hybridized carbons (Fsp3) is 0.714. The number of hydrogen-bond donors (Lipinski definition) is 1. The van der Waals surface area contributed by atoms with Crippen molar-refractivity contribution in [2.45, 2.75) is 45.1 Å². The normalized spacial score (nSPS) is 34.5. The molecule has 1 heterocycles. The maximum Gasteiger partial charge on any atom is 0.105 e. The molecule has 0 amide bonds. The second-order valence-corrected chi connectivity index (χ2v) is 5.71. The van der Waals surface area contributed by atoms with Crippen molar-refractivity contribution >= 4 is 0 Å². The molecule has 0 aromatic carbocycles. The van der Waals surface area contributed by atoms with Gasteiger partial charge in [0.1, 0.15) is 5.76 Å². The van der Waals surface area contributed by atoms with E-state index in [-0.39, 0.29) is 6.04 Å². The molecular weight excluding hydrogens is 198 g/mol. The molecule has 16 heavy (non-hydrogen) atoms. The smallest absolute Gasteiger partial charge is 0.105 e. The summed E-state index contributed by atoms with van der Waals surface area (Å²) >= 11 is 0. The summed E-state index contributed by atoms with van der Waals surface area (Å²) in [4.78, 5) is 0. The third-order valence-electron chi connectivity index (χ3n) is 4.74. The molecule has 88 valence electrons. The maximum absolute atomic E-state index is 6.29. The van der Waals surface area contributed by atoms with Gasteiger partial charge < -0.3 is 10.2 Å². The lowest BCUT2D eigenvalue weighted by Crippen LogP contribution is -2.19. The van der Waals surface area contributed by atoms with Crippen LogP contribution in [0.2, 0.25) is 0 Å². The lowest BCUT2D eigenvalue weighted by Gasteiger charge is -2.24. The molecular formula is C14H21NO. The minimum Gasteiger partial charge on any atom is -0.469 e. The SMILES string of the molecule is Cc1occc1C(N)CC1CC2CCC1C2. The van der Waals surface area contributed by atoms with Crippen molar-refractivity contribution in [3.8, 4) is 0 Å². The Morgan fingerprint density at radius 2 is 2.31 bits per heavy atom. The Kier molecular flexibility index (Phi) is 2.55. The average Bonchev–Trinajstić information content (AvgIpc) is 2.92. The predicted octanol–water partition coefficient (Wildman–Crippen LogP) is 3.41. The minimum absolute atomic E-state index is 0.183. The second-order valence-electron chi connectivity index (χ2n) is 5.71. The van der Waals surface area contributed by atoms with E-state index in [0.29, 0.717) is 0 Å². The van der Waals surface area contributed by atoms with E-state index in [1.165, 1.54) is 31.2 Å². The minimum atomic E-state index is 0.183. The summed E-state index contributed by atoms with van der Waals surface area (Å²) in [5, 5.41) is 0. The van der Waals surface area contributed by atoms with Crippen molar-refractivity contribution in [3.63, 3.8) is 0 Å². The van der Waals surface area contributed by atoms with E-state index < -0.39 is 0 Å². The van der Waals surface area contributed by atoms with E-state index in [1.807, 2.05) is 13.0 Å². The highest BCUT2D eigenvalue weighted by Gasteiger charge is 2.39. The van der Waals surface area contributed by atoms with Crippen LogP contribution in [0.25, 0.3) is 0 Å². The number of fused-ring (bicyclic) bond motifs is 2. The molecule has 2 aliphatic carbocycles. The number of nitrogens with two attached hydrogens (primary N) is 1. The molecule has 0 spiro atoms. The lowest BCUT2D eigenvalue weighted by molar-refractivity contribution is 0.295. The van der Waals surface area contributed by atoms with Gasteiger partial charge in [0.25, 0.3) is 0 Å². The quantitative estimate of drug-likeness (QED) is 0.846. The van der Waals surface area contributed by atoms with Gasteiger partial charge in [-0.1, -0.05) is 6.42 Å². The molecule has 2 nitrogen and oxygen atoms in total. The van der Waals surface area contributed by atoms with Crippen LogP contribution >= 0.6 is 0 Å². The molecule has 0 saturated heterocycles. The second kappa shape index (κ2) is 3.92. The number of furan rings is 1. The van der Waals surface area contributed by atoms with E-state index in [4.69, 9.17) is 10.2 Å². The highest BCUT2D eigenvalue weighted by molar-refractivity contribution is 5.20. The summed E-state index contributed by atoms with van der Waals surface area (Å²) in [5.41, 5.74) is 7.50. The Balaban J connectivity index is 1.65. The Bertz CT molecular complexity index is 371. The Hall–Kier alpha value is -0.760. The van der Waals surface area contributed by atoms with E-state index in [1.54, 1.807) is 6.26 Å². The summed E-state index contributed by atoms with van der Waals surface area (Å²) < 4.78 is 5.33. The molecule has 2 bridgehead atoms. The predicted molar refractivity (Wildman–Crippen MR) is 63.9 cm³/mol. The van der Waals surface area contributed by atoms with Gasteiger partial charge in [0.15, 0.2) is 0 Å². The fourth-order valence-electron chi connectivity index (χ4n) is 3.90. The highest BCUT2D eigenvalue weighted by atomic mass is 16.3. The van der Waals surface area contributed by atoms with Crippen LogP contribution in [0.1, 0.15) is 49.5 Å². The maximum atomic E-state index is 6.29. The first-order valence-electron chi connectivity index (χ1n) is 6.53. The van der Waals surface area contributed by atoms with Crippen LogP contribution in [0.15, 0.2) is 16.7 Å². The molecule has 4 atom stereocenters. The van der Waals surface area contributed by atoms with Gasteiger partial charge in [-0.15, -0.1) is 0 Å². The van der Waals surface area contributed by atoms with Gasteiger partial charge in [-0.25, -0.2) is 0 Å². The zero-order chi connectivity index (χ0) is 11.1. The fourth-order valence-corrected chi connectivity index (χ4v) is 3.90. The zero-order valence-corrected chi connectivity index (χ0v) is 9.99. The first-order valence-corrected chi connectivity index (χ1v) is 6.53. The van der Waals surface area contributed by atoms with Gasteiger partial charge in [0.05, 0.1) is 6.26 Å². The Morgan fingerprint density at radius 1 is 1.44 bits per heavy atom. The molecule has 2 fully saturated rings. The molecule has 0 aliphatic heterocycles. The number of hydrogen-bond acceptors (Lipinski definition) is 2. The van der Waals surface area contributed by atoms with E-state index in [0.717, 1.165) is 29.9 Å². The van der Waals surface area contributed by atoms with Crippen LogP contribution in [-0.4, -0.2) is 0 Å². The largest absolute Gasteiger partial charge is 0.469 e. The first kappa shape index (κ1) is 10.4. The van der Waals surface area contributed by atoms with Crippen LogP contribution in [0.5, 0.6) is 0 Å². The summed E-state index contributed by atoms with van der Waals surface area (Å²) in [6.45, 7) is 2.01. The van der Waals surface area contributed by atoms with Crippen molar-refractivity contribution in [2.24, 2.45) is 23.5 Å². The van der Waals surface area contributed by atoms with Crippen molar-refractivity contribution in [1.82, 2.24) is 0 Å². The molecule has 2 N–H and O–H groups in total. The summed E-state index contributed by atoms with van der Waals surface area (Å²) in [7, 11) is 0. The highest BCUT2D eigenvalue weighted by Crippen LogP contribution is 2.50. The number of rotatable bonds is 3. The summed E-state index contributed by atoms with van der Waals surface area (Å²) in [6, 6.07) is 2.22. The van der Waals surface area contributed by atoms with Gasteiger partial charge in [-0.05, 0) is 56.4 Å². The summed E-state index contributed by atoms with van der Waals surface area (Å²) in [6.07, 6.45) is 8.73. The average molecular weight is 219 g/mol. The van der Waals surface area contributed by atoms with Gasteiger partial charge >= 0.3 is 0 Å². The van der Waals surface area contributed by atoms with Crippen LogP contribution < -0.4 is 5.73 Å². The summed E-state index contributed by atoms with van der Waals surface area (Å²) in [5.74, 6) is 3.87. The van der Waals surface area contributed by atoms with E-state index >= 15 is 0 Å². The van der Waals surface area contributed by atoms with Gasteiger partial charge in [0, 0.05) is 11.6 Å². The Morgan fingerprint density at radius 3 is 2.88 bits per heavy atom. The van der Waals surface area contributed by atoms with Crippen molar-refractivity contribution in [2.75, 3.05) is 0 Å². The van der Waals surface area contributed by atoms with Crippen LogP contribution in [-0.2, 0) is 0 Å². The van der Waals surface area contributed by atoms with Gasteiger partial charge in [-0.2, -0.15) is 0 Å². The zero-order valence-electron chi connectivity index (χ0n) is 9.99. The topological polar surface area (TPSA) is 39.2 Å². The molecule has 2 aliphatic rings. The molecule has 3 rings (SSSR count). The van der Waals surface area contributed by atoms with Crippen molar-refractivity contribution in [3.05, 3.63) is 23.7 Å². The standard InChI is InChI=1S/C14H21NO/c1-9-13(4-5-16-9)14(15)8-12-7-10-2-3-11(12)6-10/h4-5,10-12,14H,2-3,6-8,15H2,1H3. The molecule has 0 radical (unpaired) electrons. The van der Waals surface area contributed by atoms with Gasteiger partial charge in [-0.3, -0.25) is 0 Å². The van der Waals surface area contributed by atoms with Crippen molar-refractivity contribution < 1.29 is 4.42 Å². The lowest BCUT2D eigenvalue weighted by atomic mass is 9.83. The van der Waals surface area contributed by atoms with Crippen molar-refractivity contribution in [1.29, 1.82) is 0 Å². The monoisotopic (exact) mass is 219 g/mol. The molecule has 1 aromatic rings. The van der Waals surface area contributed by atoms with Crippen LogP contribution in [0.3, 0.4) is 0 Å². The molecule has 1 aromatic heterocycles. The third kappa shape index (κ3) is 1.69.